The molecule has 0 fully saturated rings. The standard InChI is InChI=1S/C9H11Cl2N5/c1-4-2-3-5(10)6(11)7(4)15-9(14)16-8(12)13/h2-3H,1H3,(H6,12,13,14,15,16). The first-order valence-corrected chi connectivity index (χ1v) is 5.08. The minimum absolute atomic E-state index is 0.139. The predicted octanol–water partition coefficient (Wildman–Crippen LogP) is 2.13. The Morgan fingerprint density at radius 2 is 1.94 bits per heavy atom. The van der Waals surface area contributed by atoms with Crippen molar-refractivity contribution < 1.29 is 0 Å². The van der Waals surface area contributed by atoms with Gasteiger partial charge in [-0.25, -0.2) is 0 Å². The van der Waals surface area contributed by atoms with Gasteiger partial charge in [0.15, 0.2) is 11.9 Å². The lowest BCUT2D eigenvalue weighted by molar-refractivity contribution is 1.20. The van der Waals surface area contributed by atoms with E-state index in [0.29, 0.717) is 15.7 Å². The molecular weight excluding hydrogens is 249 g/mol. The second kappa shape index (κ2) is 5.05. The highest BCUT2D eigenvalue weighted by Crippen LogP contribution is 2.32. The second-order valence-electron chi connectivity index (χ2n) is 3.09. The smallest absolute Gasteiger partial charge is 0.199 e. The van der Waals surface area contributed by atoms with E-state index in [1.165, 1.54) is 0 Å². The van der Waals surface area contributed by atoms with Crippen molar-refractivity contribution in [3.63, 3.8) is 0 Å². The first kappa shape index (κ1) is 12.6. The van der Waals surface area contributed by atoms with E-state index in [0.717, 1.165) is 5.56 Å². The molecule has 1 rings (SSSR count). The molecule has 0 spiro atoms. The highest BCUT2D eigenvalue weighted by Gasteiger charge is 2.09. The molecule has 0 aliphatic heterocycles. The number of nitrogens with two attached hydrogens (primary N) is 1. The summed E-state index contributed by atoms with van der Waals surface area (Å²) in [6.45, 7) is 1.82. The van der Waals surface area contributed by atoms with Crippen LogP contribution < -0.4 is 16.4 Å². The average molecular weight is 260 g/mol. The number of aryl methyl sites for hydroxylation is 1. The Hall–Kier alpha value is -1.46. The van der Waals surface area contributed by atoms with Crippen LogP contribution in [-0.2, 0) is 0 Å². The first-order valence-electron chi connectivity index (χ1n) is 4.33. The molecule has 0 aliphatic rings. The van der Waals surface area contributed by atoms with Crippen molar-refractivity contribution in [2.45, 2.75) is 6.92 Å². The topological polar surface area (TPSA) is 97.8 Å². The Morgan fingerprint density at radius 1 is 1.31 bits per heavy atom. The van der Waals surface area contributed by atoms with Crippen LogP contribution in [0.2, 0.25) is 10.0 Å². The molecule has 0 bridgehead atoms. The van der Waals surface area contributed by atoms with E-state index < -0.39 is 0 Å². The maximum Gasteiger partial charge on any atom is 0.199 e. The normalized spacial score (nSPS) is 9.69. The summed E-state index contributed by atoms with van der Waals surface area (Å²) in [5.41, 5.74) is 6.44. The van der Waals surface area contributed by atoms with Crippen LogP contribution in [0.25, 0.3) is 0 Å². The summed E-state index contributed by atoms with van der Waals surface area (Å²) in [6, 6.07) is 3.45. The molecular formula is C9H11Cl2N5. The predicted molar refractivity (Wildman–Crippen MR) is 67.6 cm³/mol. The third kappa shape index (κ3) is 3.01. The molecule has 0 amide bonds. The number of hydrogen-bond acceptors (Lipinski definition) is 2. The molecule has 0 heterocycles. The summed E-state index contributed by atoms with van der Waals surface area (Å²) in [6.07, 6.45) is 0. The Kier molecular flexibility index (Phi) is 3.98. The molecule has 0 radical (unpaired) electrons. The number of rotatable bonds is 1. The molecule has 86 valence electrons. The first-order chi connectivity index (χ1) is 7.41. The summed E-state index contributed by atoms with van der Waals surface area (Å²) in [5, 5.41) is 20.1. The van der Waals surface area contributed by atoms with Crippen LogP contribution in [-0.4, -0.2) is 11.9 Å². The van der Waals surface area contributed by atoms with Crippen LogP contribution in [0.1, 0.15) is 5.56 Å². The van der Waals surface area contributed by atoms with Gasteiger partial charge in [0.05, 0.1) is 15.7 Å². The zero-order chi connectivity index (χ0) is 12.3. The summed E-state index contributed by atoms with van der Waals surface area (Å²) in [7, 11) is 0. The fourth-order valence-corrected chi connectivity index (χ4v) is 1.51. The van der Waals surface area contributed by atoms with Crippen LogP contribution in [0.3, 0.4) is 0 Å². The van der Waals surface area contributed by atoms with E-state index in [1.54, 1.807) is 12.1 Å². The van der Waals surface area contributed by atoms with Crippen LogP contribution in [0, 0.1) is 17.7 Å². The van der Waals surface area contributed by atoms with Gasteiger partial charge in [0.1, 0.15) is 0 Å². The van der Waals surface area contributed by atoms with Gasteiger partial charge in [-0.15, -0.1) is 0 Å². The van der Waals surface area contributed by atoms with Gasteiger partial charge in [0.25, 0.3) is 0 Å². The highest BCUT2D eigenvalue weighted by molar-refractivity contribution is 6.44. The van der Waals surface area contributed by atoms with Gasteiger partial charge >= 0.3 is 0 Å². The maximum atomic E-state index is 7.48. The van der Waals surface area contributed by atoms with Gasteiger partial charge in [-0.1, -0.05) is 29.3 Å². The molecule has 0 aromatic heterocycles. The SMILES string of the molecule is Cc1ccc(Cl)c(Cl)c1NC(=N)NC(=N)N. The van der Waals surface area contributed by atoms with Crippen LogP contribution >= 0.6 is 23.2 Å². The largest absolute Gasteiger partial charge is 0.370 e. The summed E-state index contributed by atoms with van der Waals surface area (Å²) in [4.78, 5) is 0. The van der Waals surface area contributed by atoms with E-state index in [-0.39, 0.29) is 11.9 Å². The van der Waals surface area contributed by atoms with Gasteiger partial charge in [0.2, 0.25) is 0 Å². The van der Waals surface area contributed by atoms with Crippen molar-refractivity contribution in [3.8, 4) is 0 Å². The lowest BCUT2D eigenvalue weighted by Gasteiger charge is -2.13. The van der Waals surface area contributed by atoms with Crippen LogP contribution in [0.5, 0.6) is 0 Å². The van der Waals surface area contributed by atoms with Gasteiger partial charge in [-0.05, 0) is 18.6 Å². The lowest BCUT2D eigenvalue weighted by atomic mass is 10.2. The molecule has 0 unspecified atom stereocenters. The van der Waals surface area contributed by atoms with E-state index >= 15 is 0 Å². The Labute approximate surface area is 103 Å². The molecule has 0 aliphatic carbocycles. The van der Waals surface area contributed by atoms with Gasteiger partial charge in [-0.3, -0.25) is 16.1 Å². The molecule has 1 aromatic rings. The van der Waals surface area contributed by atoms with Crippen molar-refractivity contribution in [2.75, 3.05) is 5.32 Å². The minimum Gasteiger partial charge on any atom is -0.370 e. The molecule has 0 saturated carbocycles. The molecule has 7 heteroatoms. The zero-order valence-corrected chi connectivity index (χ0v) is 10.00. The van der Waals surface area contributed by atoms with Gasteiger partial charge in [-0.2, -0.15) is 0 Å². The summed E-state index contributed by atoms with van der Waals surface area (Å²) < 4.78 is 0. The number of hydrogen-bond donors (Lipinski definition) is 5. The Balaban J connectivity index is 2.93. The number of anilines is 1. The Bertz CT molecular complexity index is 444. The summed E-state index contributed by atoms with van der Waals surface area (Å²) in [5.74, 6) is -0.465. The monoisotopic (exact) mass is 259 g/mol. The fourth-order valence-electron chi connectivity index (χ4n) is 1.09. The fraction of sp³-hybridized carbons (Fsp3) is 0.111. The minimum atomic E-state index is -0.326. The molecule has 6 N–H and O–H groups in total. The quantitative estimate of drug-likeness (QED) is 0.395. The number of halogens is 2. The molecule has 5 nitrogen and oxygen atoms in total. The van der Waals surface area contributed by atoms with E-state index in [2.05, 4.69) is 10.6 Å². The second-order valence-corrected chi connectivity index (χ2v) is 3.88. The summed E-state index contributed by atoms with van der Waals surface area (Å²) >= 11 is 11.8. The number of guanidine groups is 2. The number of nitrogens with one attached hydrogen (secondary N) is 4. The van der Waals surface area contributed by atoms with Crippen LogP contribution in [0.4, 0.5) is 5.69 Å². The highest BCUT2D eigenvalue weighted by atomic mass is 35.5. The van der Waals surface area contributed by atoms with Crippen LogP contribution in [0.15, 0.2) is 12.1 Å². The molecule has 0 saturated heterocycles. The average Bonchev–Trinajstić information content (AvgIpc) is 2.17. The molecule has 16 heavy (non-hydrogen) atoms. The maximum absolute atomic E-state index is 7.48. The van der Waals surface area contributed by atoms with Gasteiger partial charge < -0.3 is 11.1 Å². The van der Waals surface area contributed by atoms with Crippen molar-refractivity contribution >= 4 is 40.8 Å². The zero-order valence-electron chi connectivity index (χ0n) is 8.49. The van der Waals surface area contributed by atoms with E-state index in [1.807, 2.05) is 6.92 Å². The third-order valence-electron chi connectivity index (χ3n) is 1.81. The van der Waals surface area contributed by atoms with Crippen molar-refractivity contribution in [1.82, 2.24) is 5.32 Å². The Morgan fingerprint density at radius 3 is 2.50 bits per heavy atom. The van der Waals surface area contributed by atoms with E-state index in [4.69, 9.17) is 39.8 Å². The third-order valence-corrected chi connectivity index (χ3v) is 2.62. The van der Waals surface area contributed by atoms with Crippen molar-refractivity contribution in [3.05, 3.63) is 27.7 Å². The van der Waals surface area contributed by atoms with Crippen molar-refractivity contribution in [1.29, 1.82) is 10.8 Å². The lowest BCUT2D eigenvalue weighted by Crippen LogP contribution is -2.39. The van der Waals surface area contributed by atoms with Crippen molar-refractivity contribution in [2.24, 2.45) is 5.73 Å². The number of benzene rings is 1. The van der Waals surface area contributed by atoms with Gasteiger partial charge in [0, 0.05) is 0 Å². The molecule has 0 atom stereocenters. The van der Waals surface area contributed by atoms with E-state index in [9.17, 15) is 0 Å². The molecule has 1 aromatic carbocycles.